The molecule has 2 aromatic rings. The molecule has 0 spiro atoms. The fourth-order valence-corrected chi connectivity index (χ4v) is 4.05. The Morgan fingerprint density at radius 1 is 1.22 bits per heavy atom. The SMILES string of the molecule is CSN1CCC(c2nc(CN(CC(F)(F)F)c3ccc(C#N)c(C(F)(F)F)c3)no2)CC1. The summed E-state index contributed by atoms with van der Waals surface area (Å²) >= 11 is 1.62. The van der Waals surface area contributed by atoms with Gasteiger partial charge in [0.25, 0.3) is 0 Å². The lowest BCUT2D eigenvalue weighted by atomic mass is 9.98. The third kappa shape index (κ3) is 6.07. The summed E-state index contributed by atoms with van der Waals surface area (Å²) in [7, 11) is 0. The molecule has 13 heteroatoms. The highest BCUT2D eigenvalue weighted by Crippen LogP contribution is 2.35. The van der Waals surface area contributed by atoms with Gasteiger partial charge in [0.2, 0.25) is 5.89 Å². The van der Waals surface area contributed by atoms with Crippen LogP contribution < -0.4 is 4.90 Å². The Labute approximate surface area is 184 Å². The maximum absolute atomic E-state index is 13.3. The highest BCUT2D eigenvalue weighted by atomic mass is 32.2. The average Bonchev–Trinajstić information content (AvgIpc) is 3.20. The maximum Gasteiger partial charge on any atom is 0.417 e. The molecule has 0 atom stereocenters. The molecule has 1 saturated heterocycles. The Hall–Kier alpha value is -2.46. The largest absolute Gasteiger partial charge is 0.417 e. The molecule has 0 N–H and O–H groups in total. The molecule has 0 bridgehead atoms. The number of alkyl halides is 6. The molecule has 0 aliphatic carbocycles. The predicted octanol–water partition coefficient (Wildman–Crippen LogP) is 4.99. The normalized spacial score (nSPS) is 16.2. The third-order valence-electron chi connectivity index (χ3n) is 5.04. The molecule has 0 unspecified atom stereocenters. The average molecular weight is 479 g/mol. The molecule has 1 aromatic carbocycles. The first-order chi connectivity index (χ1) is 15.0. The number of nitriles is 1. The molecule has 1 aliphatic heterocycles. The van der Waals surface area contributed by atoms with Gasteiger partial charge in [-0.1, -0.05) is 17.1 Å². The van der Waals surface area contributed by atoms with E-state index in [1.165, 1.54) is 6.07 Å². The van der Waals surface area contributed by atoms with Gasteiger partial charge in [-0.05, 0) is 37.3 Å². The van der Waals surface area contributed by atoms with E-state index in [2.05, 4.69) is 14.4 Å². The third-order valence-corrected chi connectivity index (χ3v) is 5.92. The topological polar surface area (TPSA) is 69.2 Å². The molecule has 2 heterocycles. The highest BCUT2D eigenvalue weighted by Gasteiger charge is 2.36. The lowest BCUT2D eigenvalue weighted by molar-refractivity contribution is -0.137. The van der Waals surface area contributed by atoms with E-state index in [4.69, 9.17) is 9.78 Å². The number of aromatic nitrogens is 2. The van der Waals surface area contributed by atoms with Crippen LogP contribution in [0.1, 0.15) is 41.6 Å². The van der Waals surface area contributed by atoms with Crippen LogP contribution >= 0.6 is 11.9 Å². The first-order valence-corrected chi connectivity index (χ1v) is 10.7. The van der Waals surface area contributed by atoms with Gasteiger partial charge in [-0.2, -0.15) is 36.6 Å². The minimum atomic E-state index is -4.89. The minimum Gasteiger partial charge on any atom is -0.355 e. The summed E-state index contributed by atoms with van der Waals surface area (Å²) < 4.78 is 86.7. The highest BCUT2D eigenvalue weighted by molar-refractivity contribution is 7.96. The lowest BCUT2D eigenvalue weighted by Gasteiger charge is -2.28. The summed E-state index contributed by atoms with van der Waals surface area (Å²) in [6.07, 6.45) is -6.12. The zero-order valence-corrected chi connectivity index (χ0v) is 17.7. The van der Waals surface area contributed by atoms with Crippen LogP contribution in [-0.4, -0.2) is 46.5 Å². The molecule has 1 aromatic heterocycles. The Bertz CT molecular complexity index is 962. The van der Waals surface area contributed by atoms with E-state index in [1.807, 2.05) is 6.26 Å². The van der Waals surface area contributed by atoms with Gasteiger partial charge in [0.15, 0.2) is 5.82 Å². The second-order valence-corrected chi connectivity index (χ2v) is 8.13. The van der Waals surface area contributed by atoms with Gasteiger partial charge < -0.3 is 9.42 Å². The molecule has 1 aliphatic rings. The number of nitrogens with zero attached hydrogens (tertiary/aromatic N) is 5. The zero-order chi connectivity index (χ0) is 23.5. The smallest absolute Gasteiger partial charge is 0.355 e. The van der Waals surface area contributed by atoms with Gasteiger partial charge in [0.05, 0.1) is 23.7 Å². The van der Waals surface area contributed by atoms with Gasteiger partial charge in [-0.3, -0.25) is 4.31 Å². The van der Waals surface area contributed by atoms with E-state index in [1.54, 1.807) is 11.9 Å². The van der Waals surface area contributed by atoms with Crippen molar-refractivity contribution < 1.29 is 30.9 Å². The number of anilines is 1. The number of halogens is 6. The molecule has 0 saturated carbocycles. The second-order valence-electron chi connectivity index (χ2n) is 7.25. The van der Waals surface area contributed by atoms with Gasteiger partial charge in [0, 0.05) is 24.7 Å². The van der Waals surface area contributed by atoms with E-state index >= 15 is 0 Å². The van der Waals surface area contributed by atoms with Crippen LogP contribution in [0, 0.1) is 11.3 Å². The van der Waals surface area contributed by atoms with Crippen LogP contribution in [0.4, 0.5) is 32.0 Å². The number of rotatable bonds is 6. The van der Waals surface area contributed by atoms with Crippen LogP contribution in [0.15, 0.2) is 22.7 Å². The molecule has 0 radical (unpaired) electrons. The molecule has 3 rings (SSSR count). The molecular formula is C19H19F6N5OS. The van der Waals surface area contributed by atoms with Crippen LogP contribution in [0.3, 0.4) is 0 Å². The van der Waals surface area contributed by atoms with Crippen LogP contribution in [-0.2, 0) is 12.7 Å². The van der Waals surface area contributed by atoms with Gasteiger partial charge in [-0.15, -0.1) is 0 Å². The van der Waals surface area contributed by atoms with E-state index < -0.39 is 36.6 Å². The first kappa shape index (κ1) is 24.2. The first-order valence-electron chi connectivity index (χ1n) is 9.54. The van der Waals surface area contributed by atoms with Crippen molar-refractivity contribution in [2.75, 3.05) is 30.8 Å². The van der Waals surface area contributed by atoms with E-state index in [-0.39, 0.29) is 17.4 Å². The minimum absolute atomic E-state index is 0.0255. The van der Waals surface area contributed by atoms with Crippen molar-refractivity contribution in [1.82, 2.24) is 14.4 Å². The maximum atomic E-state index is 13.3. The van der Waals surface area contributed by atoms with Crippen molar-refractivity contribution in [3.8, 4) is 6.07 Å². The van der Waals surface area contributed by atoms with Crippen LogP contribution in [0.25, 0.3) is 0 Å². The molecular weight excluding hydrogens is 460 g/mol. The fourth-order valence-electron chi connectivity index (χ4n) is 3.47. The monoisotopic (exact) mass is 479 g/mol. The van der Waals surface area contributed by atoms with Crippen molar-refractivity contribution in [2.24, 2.45) is 0 Å². The van der Waals surface area contributed by atoms with E-state index in [9.17, 15) is 26.3 Å². The molecule has 174 valence electrons. The number of hydrogen-bond donors (Lipinski definition) is 0. The Kier molecular flexibility index (Phi) is 7.24. The van der Waals surface area contributed by atoms with E-state index in [0.717, 1.165) is 38.1 Å². The Morgan fingerprint density at radius 3 is 2.47 bits per heavy atom. The van der Waals surface area contributed by atoms with Crippen molar-refractivity contribution in [1.29, 1.82) is 5.26 Å². The number of benzene rings is 1. The number of hydrogen-bond acceptors (Lipinski definition) is 7. The zero-order valence-electron chi connectivity index (χ0n) is 16.9. The lowest BCUT2D eigenvalue weighted by Crippen LogP contribution is -2.34. The summed E-state index contributed by atoms with van der Waals surface area (Å²) in [6, 6.07) is 3.83. The van der Waals surface area contributed by atoms with Gasteiger partial charge in [0.1, 0.15) is 6.54 Å². The van der Waals surface area contributed by atoms with Crippen molar-refractivity contribution >= 4 is 17.6 Å². The summed E-state index contributed by atoms with van der Waals surface area (Å²) in [6.45, 7) is -0.424. The summed E-state index contributed by atoms with van der Waals surface area (Å²) in [5.41, 5.74) is -2.33. The summed E-state index contributed by atoms with van der Waals surface area (Å²) in [5, 5.41) is 12.7. The Morgan fingerprint density at radius 2 is 1.91 bits per heavy atom. The summed E-state index contributed by atoms with van der Waals surface area (Å²) in [4.78, 5) is 4.88. The standard InChI is InChI=1S/C19H19F6N5OS/c1-32-30-6-4-12(5-7-30)17-27-16(28-31-17)10-29(11-18(20,21)22)14-3-2-13(9-26)15(8-14)19(23,24)25/h2-3,8,12H,4-7,10-11H2,1H3. The van der Waals surface area contributed by atoms with Gasteiger partial charge in [-0.25, -0.2) is 0 Å². The summed E-state index contributed by atoms with van der Waals surface area (Å²) in [5.74, 6) is 0.223. The molecule has 0 amide bonds. The number of piperidine rings is 1. The molecule has 1 fully saturated rings. The quantitative estimate of drug-likeness (QED) is 0.427. The van der Waals surface area contributed by atoms with Crippen molar-refractivity contribution in [3.63, 3.8) is 0 Å². The fraction of sp³-hybridized carbons (Fsp3) is 0.526. The molecule has 32 heavy (non-hydrogen) atoms. The van der Waals surface area contributed by atoms with E-state index in [0.29, 0.717) is 16.9 Å². The van der Waals surface area contributed by atoms with Gasteiger partial charge >= 0.3 is 12.4 Å². The predicted molar refractivity (Wildman–Crippen MR) is 105 cm³/mol. The van der Waals surface area contributed by atoms with Crippen LogP contribution in [0.2, 0.25) is 0 Å². The second kappa shape index (κ2) is 9.58. The Balaban J connectivity index is 1.84. The van der Waals surface area contributed by atoms with Crippen molar-refractivity contribution in [3.05, 3.63) is 41.0 Å². The molecule has 6 nitrogen and oxygen atoms in total. The van der Waals surface area contributed by atoms with Crippen LogP contribution in [0.5, 0.6) is 0 Å². The van der Waals surface area contributed by atoms with Crippen molar-refractivity contribution in [2.45, 2.75) is 37.7 Å².